The van der Waals surface area contributed by atoms with Gasteiger partial charge in [0.2, 0.25) is 0 Å². The van der Waals surface area contributed by atoms with E-state index in [0.29, 0.717) is 11.8 Å². The third kappa shape index (κ3) is 3.37. The molecule has 0 bridgehead atoms. The molecular formula is C23H30ClN. The topological polar surface area (TPSA) is 3.24 Å². The number of hydrogen-bond acceptors (Lipinski definition) is 1. The Kier molecular flexibility index (Phi) is 5.55. The van der Waals surface area contributed by atoms with Gasteiger partial charge in [-0.15, -0.1) is 12.4 Å². The summed E-state index contributed by atoms with van der Waals surface area (Å²) in [6.45, 7) is 10.5. The number of aryl methyl sites for hydroxylation is 2. The number of halogens is 1. The van der Waals surface area contributed by atoms with Gasteiger partial charge in [0, 0.05) is 18.4 Å². The Morgan fingerprint density at radius 3 is 2.40 bits per heavy atom. The predicted molar refractivity (Wildman–Crippen MR) is 109 cm³/mol. The first kappa shape index (κ1) is 18.5. The number of piperidine rings is 1. The van der Waals surface area contributed by atoms with Crippen molar-refractivity contribution in [3.8, 4) is 0 Å². The summed E-state index contributed by atoms with van der Waals surface area (Å²) in [5.74, 6) is 2.08. The molecule has 0 N–H and O–H groups in total. The largest absolute Gasteiger partial charge is 0.303 e. The van der Waals surface area contributed by atoms with E-state index in [1.165, 1.54) is 49.2 Å². The van der Waals surface area contributed by atoms with Crippen molar-refractivity contribution in [1.82, 2.24) is 4.90 Å². The number of rotatable bonds is 3. The van der Waals surface area contributed by atoms with Gasteiger partial charge in [-0.1, -0.05) is 60.5 Å². The fourth-order valence-corrected chi connectivity index (χ4v) is 5.02. The third-order valence-corrected chi connectivity index (χ3v) is 6.13. The van der Waals surface area contributed by atoms with Crippen LogP contribution in [-0.2, 0) is 0 Å². The van der Waals surface area contributed by atoms with Crippen LogP contribution < -0.4 is 0 Å². The van der Waals surface area contributed by atoms with Gasteiger partial charge in [-0.25, -0.2) is 0 Å². The van der Waals surface area contributed by atoms with Crippen LogP contribution in [0.15, 0.2) is 42.5 Å². The average Bonchev–Trinajstić information content (AvgIpc) is 2.89. The van der Waals surface area contributed by atoms with Gasteiger partial charge in [-0.2, -0.15) is 0 Å². The highest BCUT2D eigenvalue weighted by atomic mass is 35.5. The number of fused-ring (bicyclic) bond motifs is 3. The molecule has 1 nitrogen and oxygen atoms in total. The van der Waals surface area contributed by atoms with Gasteiger partial charge in [-0.05, 0) is 62.4 Å². The second-order valence-corrected chi connectivity index (χ2v) is 7.88. The molecule has 4 rings (SSSR count). The molecule has 0 saturated carbocycles. The maximum atomic E-state index is 2.68. The maximum absolute atomic E-state index is 2.68. The van der Waals surface area contributed by atoms with Crippen LogP contribution >= 0.6 is 12.4 Å². The first-order chi connectivity index (χ1) is 11.7. The average molecular weight is 356 g/mol. The summed E-state index contributed by atoms with van der Waals surface area (Å²) in [7, 11) is 0. The van der Waals surface area contributed by atoms with Crippen LogP contribution in [-0.4, -0.2) is 24.5 Å². The summed E-state index contributed by atoms with van der Waals surface area (Å²) in [6, 6.07) is 16.5. The Bertz CT molecular complexity index is 721. The fraction of sp³-hybridized carbons (Fsp3) is 0.478. The van der Waals surface area contributed by atoms with Crippen LogP contribution in [0.2, 0.25) is 0 Å². The molecule has 3 atom stereocenters. The van der Waals surface area contributed by atoms with Gasteiger partial charge < -0.3 is 4.90 Å². The second-order valence-electron chi connectivity index (χ2n) is 7.88. The minimum atomic E-state index is 0. The van der Waals surface area contributed by atoms with E-state index in [9.17, 15) is 0 Å². The highest BCUT2D eigenvalue weighted by molar-refractivity contribution is 5.85. The normalized spacial score (nSPS) is 25.2. The molecule has 0 amide bonds. The lowest BCUT2D eigenvalue weighted by molar-refractivity contribution is 0.161. The van der Waals surface area contributed by atoms with Crippen molar-refractivity contribution in [2.75, 3.05) is 19.6 Å². The summed E-state index contributed by atoms with van der Waals surface area (Å²) in [5, 5.41) is 0. The van der Waals surface area contributed by atoms with Gasteiger partial charge in [-0.3, -0.25) is 0 Å². The van der Waals surface area contributed by atoms with Crippen molar-refractivity contribution in [3.63, 3.8) is 0 Å². The monoisotopic (exact) mass is 355 g/mol. The second kappa shape index (κ2) is 7.51. The van der Waals surface area contributed by atoms with Crippen LogP contribution in [0.5, 0.6) is 0 Å². The van der Waals surface area contributed by atoms with Crippen LogP contribution in [0.4, 0.5) is 0 Å². The van der Waals surface area contributed by atoms with E-state index < -0.39 is 0 Å². The first-order valence-electron chi connectivity index (χ1n) is 9.56. The lowest BCUT2D eigenvalue weighted by Gasteiger charge is -2.37. The van der Waals surface area contributed by atoms with Gasteiger partial charge in [0.05, 0.1) is 0 Å². The van der Waals surface area contributed by atoms with E-state index >= 15 is 0 Å². The molecule has 2 aromatic rings. The molecule has 25 heavy (non-hydrogen) atoms. The standard InChI is InChI=1S/C23H29N.ClH/c1-4-12-24-13-11-20-22(15-24)19-10-7-17(3)14-21(19)23(20)18-8-5-16(2)6-9-18;/h5-10,14,20,22-23H,4,11-13,15H2,1-3H3;1H/t20-,22-,23+;/m1./s1. The first-order valence-corrected chi connectivity index (χ1v) is 9.56. The maximum Gasteiger partial charge on any atom is 0.0127 e. The van der Waals surface area contributed by atoms with Crippen LogP contribution in [0.25, 0.3) is 0 Å². The molecule has 2 aliphatic rings. The summed E-state index contributed by atoms with van der Waals surface area (Å²) in [6.07, 6.45) is 2.59. The van der Waals surface area contributed by atoms with E-state index in [1.807, 2.05) is 0 Å². The van der Waals surface area contributed by atoms with Crippen molar-refractivity contribution in [3.05, 3.63) is 70.3 Å². The molecule has 134 valence electrons. The zero-order valence-electron chi connectivity index (χ0n) is 15.7. The highest BCUT2D eigenvalue weighted by Crippen LogP contribution is 2.53. The molecule has 1 aliphatic carbocycles. The molecule has 1 aliphatic heterocycles. The molecule has 2 aromatic carbocycles. The third-order valence-electron chi connectivity index (χ3n) is 6.13. The molecule has 1 fully saturated rings. The van der Waals surface area contributed by atoms with Gasteiger partial charge >= 0.3 is 0 Å². The van der Waals surface area contributed by atoms with E-state index in [0.717, 1.165) is 5.92 Å². The lowest BCUT2D eigenvalue weighted by Crippen LogP contribution is -2.39. The number of hydrogen-bond donors (Lipinski definition) is 0. The Balaban J connectivity index is 0.00000182. The quantitative estimate of drug-likeness (QED) is 0.684. The predicted octanol–water partition coefficient (Wildman–Crippen LogP) is 5.69. The molecule has 0 spiro atoms. The van der Waals surface area contributed by atoms with Gasteiger partial charge in [0.25, 0.3) is 0 Å². The Hall–Kier alpha value is -1.31. The van der Waals surface area contributed by atoms with Crippen molar-refractivity contribution in [2.24, 2.45) is 5.92 Å². The minimum Gasteiger partial charge on any atom is -0.303 e. The molecule has 0 aromatic heterocycles. The molecule has 0 radical (unpaired) electrons. The van der Waals surface area contributed by atoms with Crippen molar-refractivity contribution in [1.29, 1.82) is 0 Å². The SMILES string of the molecule is CCCN1CC[C@H]2[C@H](c3ccc(C)cc3)c3cc(C)ccc3[C@H]2C1.Cl. The molecule has 0 unspecified atom stereocenters. The van der Waals surface area contributed by atoms with Crippen molar-refractivity contribution in [2.45, 2.75) is 45.4 Å². The number of likely N-dealkylation sites (tertiary alicyclic amines) is 1. The van der Waals surface area contributed by atoms with E-state index in [4.69, 9.17) is 0 Å². The summed E-state index contributed by atoms with van der Waals surface area (Å²) in [5.41, 5.74) is 7.50. The zero-order valence-corrected chi connectivity index (χ0v) is 16.5. The van der Waals surface area contributed by atoms with Crippen LogP contribution in [0, 0.1) is 19.8 Å². The number of nitrogens with zero attached hydrogens (tertiary/aromatic N) is 1. The smallest absolute Gasteiger partial charge is 0.0127 e. The van der Waals surface area contributed by atoms with E-state index in [-0.39, 0.29) is 12.4 Å². The molecular weight excluding hydrogens is 326 g/mol. The fourth-order valence-electron chi connectivity index (χ4n) is 5.02. The summed E-state index contributed by atoms with van der Waals surface area (Å²) < 4.78 is 0. The van der Waals surface area contributed by atoms with Crippen LogP contribution in [0.3, 0.4) is 0 Å². The molecule has 2 heteroatoms. The van der Waals surface area contributed by atoms with E-state index in [1.54, 1.807) is 11.1 Å². The van der Waals surface area contributed by atoms with Crippen LogP contribution in [0.1, 0.15) is 59.4 Å². The Morgan fingerprint density at radius 1 is 0.960 bits per heavy atom. The number of benzene rings is 2. The molecule has 1 heterocycles. The Labute approximate surface area is 158 Å². The lowest BCUT2D eigenvalue weighted by atomic mass is 9.78. The van der Waals surface area contributed by atoms with Crippen molar-refractivity contribution >= 4 is 12.4 Å². The molecule has 1 saturated heterocycles. The highest BCUT2D eigenvalue weighted by Gasteiger charge is 2.43. The summed E-state index contributed by atoms with van der Waals surface area (Å²) in [4.78, 5) is 2.68. The van der Waals surface area contributed by atoms with Gasteiger partial charge in [0.1, 0.15) is 0 Å². The zero-order chi connectivity index (χ0) is 16.7. The van der Waals surface area contributed by atoms with Crippen molar-refractivity contribution < 1.29 is 0 Å². The van der Waals surface area contributed by atoms with E-state index in [2.05, 4.69) is 68.1 Å². The summed E-state index contributed by atoms with van der Waals surface area (Å²) >= 11 is 0. The van der Waals surface area contributed by atoms with Gasteiger partial charge in [0.15, 0.2) is 0 Å². The Morgan fingerprint density at radius 2 is 1.68 bits per heavy atom. The minimum absolute atomic E-state index is 0.